The molecule has 5 nitrogen and oxygen atoms in total. The van der Waals surface area contributed by atoms with Crippen LogP contribution < -0.4 is 10.6 Å². The molecule has 0 bridgehead atoms. The first-order chi connectivity index (χ1) is 12.2. The number of carbonyl (C=O) groups is 1. The van der Waals surface area contributed by atoms with Crippen molar-refractivity contribution in [3.63, 3.8) is 0 Å². The van der Waals surface area contributed by atoms with Crippen molar-refractivity contribution in [1.82, 2.24) is 4.98 Å². The number of hydrogen-bond acceptors (Lipinski definition) is 4. The number of nitrogens with zero attached hydrogens (tertiary/aromatic N) is 1. The molecule has 1 amide bonds. The lowest BCUT2D eigenvalue weighted by molar-refractivity contribution is -0.137. The molecule has 136 valence electrons. The summed E-state index contributed by atoms with van der Waals surface area (Å²) in [5.74, 6) is -0.0650. The zero-order chi connectivity index (χ0) is 18.9. The summed E-state index contributed by atoms with van der Waals surface area (Å²) in [6.45, 7) is 3.28. The fourth-order valence-electron chi connectivity index (χ4n) is 2.53. The highest BCUT2D eigenvalue weighted by molar-refractivity contribution is 5.97. The average molecular weight is 363 g/mol. The van der Waals surface area contributed by atoms with E-state index in [0.29, 0.717) is 22.7 Å². The molecule has 3 rings (SSSR count). The second-order valence-electron chi connectivity index (χ2n) is 5.81. The van der Waals surface area contributed by atoms with Gasteiger partial charge >= 0.3 is 6.18 Å². The number of benzene rings is 2. The number of rotatable bonds is 4. The van der Waals surface area contributed by atoms with E-state index in [9.17, 15) is 18.0 Å². The van der Waals surface area contributed by atoms with Gasteiger partial charge in [-0.25, -0.2) is 4.98 Å². The third-order valence-corrected chi connectivity index (χ3v) is 3.76. The molecule has 0 saturated carbocycles. The minimum absolute atomic E-state index is 0.277. The Kier molecular flexibility index (Phi) is 4.58. The maximum Gasteiger partial charge on any atom is 0.418 e. The number of halogens is 3. The van der Waals surface area contributed by atoms with Crippen molar-refractivity contribution in [3.8, 4) is 0 Å². The number of alkyl halides is 3. The Hall–Kier alpha value is -3.03. The van der Waals surface area contributed by atoms with Gasteiger partial charge in [-0.1, -0.05) is 12.1 Å². The molecular formula is C18H16F3N3O2. The van der Waals surface area contributed by atoms with Gasteiger partial charge < -0.3 is 15.1 Å². The van der Waals surface area contributed by atoms with Gasteiger partial charge in [0.1, 0.15) is 11.6 Å². The number of oxazole rings is 1. The quantitative estimate of drug-likeness (QED) is 0.711. The number of nitrogens with one attached hydrogen (secondary N) is 2. The molecule has 1 atom stereocenters. The summed E-state index contributed by atoms with van der Waals surface area (Å²) in [7, 11) is 0. The van der Waals surface area contributed by atoms with Gasteiger partial charge in [-0.3, -0.25) is 4.79 Å². The van der Waals surface area contributed by atoms with E-state index in [4.69, 9.17) is 4.42 Å². The Morgan fingerprint density at radius 1 is 1.19 bits per heavy atom. The van der Waals surface area contributed by atoms with Gasteiger partial charge in [-0.2, -0.15) is 13.2 Å². The number of carbonyl (C=O) groups excluding carboxylic acids is 1. The number of aromatic nitrogens is 1. The highest BCUT2D eigenvalue weighted by Crippen LogP contribution is 2.34. The molecule has 0 aliphatic heterocycles. The average Bonchev–Trinajstić information content (AvgIpc) is 2.93. The van der Waals surface area contributed by atoms with Crippen LogP contribution in [0.25, 0.3) is 11.1 Å². The molecule has 8 heteroatoms. The normalized spacial score (nSPS) is 12.8. The molecule has 1 aromatic heterocycles. The lowest BCUT2D eigenvalue weighted by Crippen LogP contribution is -2.32. The predicted octanol–water partition coefficient (Wildman–Crippen LogP) is 4.59. The monoisotopic (exact) mass is 363 g/mol. The van der Waals surface area contributed by atoms with Crippen molar-refractivity contribution in [1.29, 1.82) is 0 Å². The molecule has 2 N–H and O–H groups in total. The maximum atomic E-state index is 13.0. The Bertz CT molecular complexity index is 950. The number of para-hydroxylation sites is 1. The summed E-state index contributed by atoms with van der Waals surface area (Å²) in [5.41, 5.74) is 0.686. The van der Waals surface area contributed by atoms with E-state index in [1.54, 1.807) is 32.0 Å². The van der Waals surface area contributed by atoms with E-state index in [1.807, 2.05) is 0 Å². The van der Waals surface area contributed by atoms with Crippen molar-refractivity contribution in [2.45, 2.75) is 26.1 Å². The largest absolute Gasteiger partial charge is 0.441 e. The molecule has 0 spiro atoms. The maximum absolute atomic E-state index is 13.0. The third-order valence-electron chi connectivity index (χ3n) is 3.76. The molecule has 0 fully saturated rings. The SMILES string of the molecule is Cc1nc2cc(N[C@@H](C)C(=O)Nc3ccccc3C(F)(F)F)ccc2o1. The Morgan fingerprint density at radius 2 is 1.92 bits per heavy atom. The number of fused-ring (bicyclic) bond motifs is 1. The van der Waals surface area contributed by atoms with Gasteiger partial charge in [-0.15, -0.1) is 0 Å². The Balaban J connectivity index is 1.73. The van der Waals surface area contributed by atoms with Crippen LogP contribution in [0.3, 0.4) is 0 Å². The number of anilines is 2. The summed E-state index contributed by atoms with van der Waals surface area (Å²) in [6, 6.07) is 9.22. The molecule has 0 saturated heterocycles. The molecule has 0 unspecified atom stereocenters. The van der Waals surface area contributed by atoms with Crippen LogP contribution in [0.2, 0.25) is 0 Å². The van der Waals surface area contributed by atoms with Crippen molar-refractivity contribution in [3.05, 3.63) is 53.9 Å². The third kappa shape index (κ3) is 3.79. The van der Waals surface area contributed by atoms with E-state index < -0.39 is 23.7 Å². The highest BCUT2D eigenvalue weighted by Gasteiger charge is 2.33. The van der Waals surface area contributed by atoms with Crippen molar-refractivity contribution >= 4 is 28.4 Å². The fraction of sp³-hybridized carbons (Fsp3) is 0.222. The molecule has 2 aromatic carbocycles. The minimum atomic E-state index is -4.55. The van der Waals surface area contributed by atoms with Gasteiger partial charge in [0.15, 0.2) is 11.5 Å². The Labute approximate surface area is 147 Å². The number of amides is 1. The second-order valence-corrected chi connectivity index (χ2v) is 5.81. The van der Waals surface area contributed by atoms with E-state index in [-0.39, 0.29) is 5.69 Å². The first-order valence-corrected chi connectivity index (χ1v) is 7.85. The standard InChI is InChI=1S/C18H16F3N3O2/c1-10(22-12-7-8-16-15(9-12)23-11(2)26-16)17(25)24-14-6-4-3-5-13(14)18(19,20)21/h3-10,22H,1-2H3,(H,24,25)/t10-/m0/s1. The summed E-state index contributed by atoms with van der Waals surface area (Å²) in [5, 5.41) is 5.27. The van der Waals surface area contributed by atoms with Crippen molar-refractivity contribution < 1.29 is 22.4 Å². The fourth-order valence-corrected chi connectivity index (χ4v) is 2.53. The van der Waals surface area contributed by atoms with Crippen molar-refractivity contribution in [2.75, 3.05) is 10.6 Å². The summed E-state index contributed by atoms with van der Waals surface area (Å²) >= 11 is 0. The molecule has 1 heterocycles. The predicted molar refractivity (Wildman–Crippen MR) is 91.9 cm³/mol. The van der Waals surface area contributed by atoms with Crippen LogP contribution in [-0.2, 0) is 11.0 Å². The topological polar surface area (TPSA) is 67.2 Å². The lowest BCUT2D eigenvalue weighted by atomic mass is 10.1. The first kappa shape index (κ1) is 17.8. The molecular weight excluding hydrogens is 347 g/mol. The highest BCUT2D eigenvalue weighted by atomic mass is 19.4. The Morgan fingerprint density at radius 3 is 2.65 bits per heavy atom. The first-order valence-electron chi connectivity index (χ1n) is 7.85. The van der Waals surface area contributed by atoms with E-state index in [1.165, 1.54) is 18.2 Å². The summed E-state index contributed by atoms with van der Waals surface area (Å²) < 4.78 is 44.4. The van der Waals surface area contributed by atoms with Crippen LogP contribution in [0.5, 0.6) is 0 Å². The van der Waals surface area contributed by atoms with Gasteiger partial charge in [0.25, 0.3) is 0 Å². The van der Waals surface area contributed by atoms with Crippen LogP contribution >= 0.6 is 0 Å². The van der Waals surface area contributed by atoms with Gasteiger partial charge in [0.05, 0.1) is 11.3 Å². The smallest absolute Gasteiger partial charge is 0.418 e. The van der Waals surface area contributed by atoms with Gasteiger partial charge in [-0.05, 0) is 37.3 Å². The lowest BCUT2D eigenvalue weighted by Gasteiger charge is -2.18. The van der Waals surface area contributed by atoms with E-state index in [0.717, 1.165) is 6.07 Å². The second kappa shape index (κ2) is 6.70. The summed E-state index contributed by atoms with van der Waals surface area (Å²) in [6.07, 6.45) is -4.55. The zero-order valence-electron chi connectivity index (χ0n) is 14.0. The summed E-state index contributed by atoms with van der Waals surface area (Å²) in [4.78, 5) is 16.5. The zero-order valence-corrected chi connectivity index (χ0v) is 14.0. The molecule has 0 aliphatic carbocycles. The molecule has 3 aromatic rings. The van der Waals surface area contributed by atoms with E-state index in [2.05, 4.69) is 15.6 Å². The van der Waals surface area contributed by atoms with Gasteiger partial charge in [0.2, 0.25) is 5.91 Å². The molecule has 0 radical (unpaired) electrons. The minimum Gasteiger partial charge on any atom is -0.441 e. The van der Waals surface area contributed by atoms with Crippen LogP contribution in [0.4, 0.5) is 24.5 Å². The molecule has 26 heavy (non-hydrogen) atoms. The van der Waals surface area contributed by atoms with Crippen LogP contribution in [0.1, 0.15) is 18.4 Å². The molecule has 0 aliphatic rings. The van der Waals surface area contributed by atoms with Crippen LogP contribution in [0.15, 0.2) is 46.9 Å². The van der Waals surface area contributed by atoms with Crippen LogP contribution in [-0.4, -0.2) is 16.9 Å². The van der Waals surface area contributed by atoms with Crippen molar-refractivity contribution in [2.24, 2.45) is 0 Å². The number of hydrogen-bond donors (Lipinski definition) is 2. The van der Waals surface area contributed by atoms with Gasteiger partial charge in [0, 0.05) is 12.6 Å². The number of aryl methyl sites for hydroxylation is 1. The van der Waals surface area contributed by atoms with E-state index >= 15 is 0 Å². The van der Waals surface area contributed by atoms with Crippen LogP contribution in [0, 0.1) is 6.92 Å².